The molecular weight excluding hydrogens is 206 g/mol. The number of carbonyl (C=O) groups is 2. The summed E-state index contributed by atoms with van der Waals surface area (Å²) in [4.78, 5) is 22.8. The van der Waals surface area contributed by atoms with Crippen molar-refractivity contribution in [2.45, 2.75) is 47.0 Å². The molecule has 16 heavy (non-hydrogen) atoms. The first kappa shape index (κ1) is 14.9. The van der Waals surface area contributed by atoms with Crippen LogP contribution in [0.2, 0.25) is 0 Å². The normalized spacial score (nSPS) is 13.2. The van der Waals surface area contributed by atoms with Gasteiger partial charge in [-0.25, -0.2) is 0 Å². The average molecular weight is 229 g/mol. The number of amides is 1. The first-order chi connectivity index (χ1) is 7.35. The van der Waals surface area contributed by atoms with Gasteiger partial charge in [0.15, 0.2) is 0 Å². The minimum Gasteiger partial charge on any atom is -0.465 e. The molecule has 1 amide bonds. The number of carbonyl (C=O) groups excluding carboxylic acids is 2. The van der Waals surface area contributed by atoms with Crippen LogP contribution < -0.4 is 5.73 Å². The fourth-order valence-corrected chi connectivity index (χ4v) is 1.54. The highest BCUT2D eigenvalue weighted by Gasteiger charge is 2.33. The van der Waals surface area contributed by atoms with Crippen LogP contribution >= 0.6 is 0 Å². The van der Waals surface area contributed by atoms with Crippen LogP contribution in [0.5, 0.6) is 0 Å². The van der Waals surface area contributed by atoms with Crippen molar-refractivity contribution in [1.29, 1.82) is 0 Å². The predicted molar refractivity (Wildman–Crippen MR) is 62.6 cm³/mol. The quantitative estimate of drug-likeness (QED) is 0.677. The van der Waals surface area contributed by atoms with Crippen molar-refractivity contribution in [3.05, 3.63) is 0 Å². The fraction of sp³-hybridized carbons (Fsp3) is 0.833. The standard InChI is InChI=1S/C12H23NO3/c1-5-7-16-11(15)12(3,4)8-9(6-2)10(13)14/h9H,5-8H2,1-4H3,(H2,13,14). The van der Waals surface area contributed by atoms with Gasteiger partial charge in [0.05, 0.1) is 12.0 Å². The second kappa shape index (κ2) is 6.51. The van der Waals surface area contributed by atoms with Gasteiger partial charge in [-0.3, -0.25) is 9.59 Å². The Labute approximate surface area is 97.5 Å². The molecule has 4 heteroatoms. The van der Waals surface area contributed by atoms with Gasteiger partial charge in [0, 0.05) is 5.92 Å². The van der Waals surface area contributed by atoms with Gasteiger partial charge in [-0.15, -0.1) is 0 Å². The monoisotopic (exact) mass is 229 g/mol. The Morgan fingerprint density at radius 1 is 1.31 bits per heavy atom. The molecule has 0 aromatic rings. The molecule has 4 nitrogen and oxygen atoms in total. The highest BCUT2D eigenvalue weighted by atomic mass is 16.5. The summed E-state index contributed by atoms with van der Waals surface area (Å²) in [7, 11) is 0. The number of nitrogens with two attached hydrogens (primary N) is 1. The van der Waals surface area contributed by atoms with Crippen LogP contribution in [0.3, 0.4) is 0 Å². The van der Waals surface area contributed by atoms with Crippen molar-refractivity contribution >= 4 is 11.9 Å². The molecule has 0 bridgehead atoms. The van der Waals surface area contributed by atoms with Crippen LogP contribution in [0.1, 0.15) is 47.0 Å². The fourth-order valence-electron chi connectivity index (χ4n) is 1.54. The van der Waals surface area contributed by atoms with E-state index in [1.54, 1.807) is 13.8 Å². The Morgan fingerprint density at radius 2 is 1.88 bits per heavy atom. The minimum absolute atomic E-state index is 0.256. The molecule has 0 spiro atoms. The van der Waals surface area contributed by atoms with Crippen LogP contribution in [0.15, 0.2) is 0 Å². The van der Waals surface area contributed by atoms with Crippen LogP contribution in [-0.4, -0.2) is 18.5 Å². The second-order valence-corrected chi connectivity index (χ2v) is 4.73. The maximum atomic E-state index is 11.7. The molecule has 0 radical (unpaired) electrons. The molecule has 0 aliphatic rings. The van der Waals surface area contributed by atoms with E-state index in [1.807, 2.05) is 13.8 Å². The molecule has 0 heterocycles. The van der Waals surface area contributed by atoms with Gasteiger partial charge >= 0.3 is 5.97 Å². The van der Waals surface area contributed by atoms with Crippen molar-refractivity contribution in [3.8, 4) is 0 Å². The lowest BCUT2D eigenvalue weighted by atomic mass is 9.81. The third-order valence-corrected chi connectivity index (χ3v) is 2.64. The Hall–Kier alpha value is -1.06. The summed E-state index contributed by atoms with van der Waals surface area (Å²) in [5.41, 5.74) is 4.62. The van der Waals surface area contributed by atoms with E-state index in [0.29, 0.717) is 19.4 Å². The lowest BCUT2D eigenvalue weighted by Crippen LogP contribution is -2.34. The third-order valence-electron chi connectivity index (χ3n) is 2.64. The van der Waals surface area contributed by atoms with Gasteiger partial charge in [0.2, 0.25) is 5.91 Å². The van der Waals surface area contributed by atoms with Gasteiger partial charge in [-0.2, -0.15) is 0 Å². The number of esters is 1. The zero-order valence-electron chi connectivity index (χ0n) is 10.7. The lowest BCUT2D eigenvalue weighted by molar-refractivity contribution is -0.155. The van der Waals surface area contributed by atoms with Crippen LogP contribution in [0, 0.1) is 11.3 Å². The Kier molecular flexibility index (Phi) is 6.08. The van der Waals surface area contributed by atoms with E-state index in [9.17, 15) is 9.59 Å². The van der Waals surface area contributed by atoms with E-state index >= 15 is 0 Å². The molecule has 94 valence electrons. The third kappa shape index (κ3) is 4.64. The number of hydrogen-bond donors (Lipinski definition) is 1. The zero-order valence-corrected chi connectivity index (χ0v) is 10.7. The maximum Gasteiger partial charge on any atom is 0.311 e. The maximum absolute atomic E-state index is 11.7. The first-order valence-electron chi connectivity index (χ1n) is 5.81. The summed E-state index contributed by atoms with van der Waals surface area (Å²) in [5.74, 6) is -0.864. The number of rotatable bonds is 7. The molecule has 0 aliphatic carbocycles. The Bertz CT molecular complexity index is 249. The van der Waals surface area contributed by atoms with E-state index in [2.05, 4.69) is 0 Å². The van der Waals surface area contributed by atoms with Crippen molar-refractivity contribution in [2.75, 3.05) is 6.61 Å². The number of ether oxygens (including phenoxy) is 1. The largest absolute Gasteiger partial charge is 0.465 e. The molecule has 0 aromatic carbocycles. The van der Waals surface area contributed by atoms with Crippen molar-refractivity contribution in [2.24, 2.45) is 17.1 Å². The van der Waals surface area contributed by atoms with Gasteiger partial charge in [0.1, 0.15) is 0 Å². The molecular formula is C12H23NO3. The first-order valence-corrected chi connectivity index (χ1v) is 5.81. The van der Waals surface area contributed by atoms with Crippen LogP contribution in [0.25, 0.3) is 0 Å². The molecule has 0 aromatic heterocycles. The van der Waals surface area contributed by atoms with Crippen LogP contribution in [-0.2, 0) is 14.3 Å². The summed E-state index contributed by atoms with van der Waals surface area (Å²) in [5, 5.41) is 0. The zero-order chi connectivity index (χ0) is 12.8. The Morgan fingerprint density at radius 3 is 2.25 bits per heavy atom. The van der Waals surface area contributed by atoms with E-state index in [4.69, 9.17) is 10.5 Å². The van der Waals surface area contributed by atoms with E-state index in [-0.39, 0.29) is 17.8 Å². The summed E-state index contributed by atoms with van der Waals surface area (Å²) in [6.07, 6.45) is 1.90. The lowest BCUT2D eigenvalue weighted by Gasteiger charge is -2.25. The van der Waals surface area contributed by atoms with Gasteiger partial charge in [-0.05, 0) is 33.1 Å². The van der Waals surface area contributed by atoms with Crippen molar-refractivity contribution in [3.63, 3.8) is 0 Å². The molecule has 0 saturated carbocycles. The summed E-state index contributed by atoms with van der Waals surface area (Å²) >= 11 is 0. The number of hydrogen-bond acceptors (Lipinski definition) is 3. The van der Waals surface area contributed by atoms with E-state index < -0.39 is 5.41 Å². The number of primary amides is 1. The molecule has 0 saturated heterocycles. The average Bonchev–Trinajstić information content (AvgIpc) is 2.21. The molecule has 2 N–H and O–H groups in total. The second-order valence-electron chi connectivity index (χ2n) is 4.73. The summed E-state index contributed by atoms with van der Waals surface area (Å²) in [6, 6.07) is 0. The SMILES string of the molecule is CCCOC(=O)C(C)(C)CC(CC)C(N)=O. The van der Waals surface area contributed by atoms with E-state index in [0.717, 1.165) is 6.42 Å². The molecule has 0 aliphatic heterocycles. The van der Waals surface area contributed by atoms with Gasteiger partial charge < -0.3 is 10.5 Å². The highest BCUT2D eigenvalue weighted by molar-refractivity contribution is 5.80. The minimum atomic E-state index is -0.648. The smallest absolute Gasteiger partial charge is 0.311 e. The van der Waals surface area contributed by atoms with Gasteiger partial charge in [-0.1, -0.05) is 13.8 Å². The van der Waals surface area contributed by atoms with Crippen molar-refractivity contribution < 1.29 is 14.3 Å². The molecule has 1 unspecified atom stereocenters. The summed E-state index contributed by atoms with van der Waals surface area (Å²) < 4.78 is 5.09. The Balaban J connectivity index is 4.41. The predicted octanol–water partition coefficient (Wildman–Crippen LogP) is 1.87. The highest BCUT2D eigenvalue weighted by Crippen LogP contribution is 2.28. The molecule has 0 fully saturated rings. The molecule has 0 rings (SSSR count). The summed E-state index contributed by atoms with van der Waals surface area (Å²) in [6.45, 7) is 7.84. The van der Waals surface area contributed by atoms with Crippen molar-refractivity contribution in [1.82, 2.24) is 0 Å². The topological polar surface area (TPSA) is 69.4 Å². The molecule has 1 atom stereocenters. The van der Waals surface area contributed by atoms with Crippen LogP contribution in [0.4, 0.5) is 0 Å². The van der Waals surface area contributed by atoms with E-state index in [1.165, 1.54) is 0 Å². The van der Waals surface area contributed by atoms with Gasteiger partial charge in [0.25, 0.3) is 0 Å².